The number of hydrogen-bond acceptors (Lipinski definition) is 2. The predicted octanol–water partition coefficient (Wildman–Crippen LogP) is 1.06. The van der Waals surface area contributed by atoms with Crippen LogP contribution in [0, 0.1) is 5.92 Å². The van der Waals surface area contributed by atoms with E-state index in [-0.39, 0.29) is 11.8 Å². The zero-order valence-electron chi connectivity index (χ0n) is 10.4. The monoisotopic (exact) mass is 236 g/mol. The first-order chi connectivity index (χ1) is 8.11. The fourth-order valence-electron chi connectivity index (χ4n) is 3.01. The van der Waals surface area contributed by atoms with Crippen molar-refractivity contribution in [2.75, 3.05) is 6.54 Å². The zero-order valence-corrected chi connectivity index (χ0v) is 10.4. The summed E-state index contributed by atoms with van der Waals surface area (Å²) in [5.41, 5.74) is -0.622. The Bertz CT molecular complexity index is 360. The van der Waals surface area contributed by atoms with Gasteiger partial charge in [-0.1, -0.05) is 0 Å². The molecule has 4 nitrogen and oxygen atoms in total. The van der Waals surface area contributed by atoms with Crippen molar-refractivity contribution in [1.82, 2.24) is 10.2 Å². The molecule has 3 fully saturated rings. The number of carbonyl (C=O) groups is 2. The van der Waals surface area contributed by atoms with Crippen molar-refractivity contribution in [1.29, 1.82) is 0 Å². The van der Waals surface area contributed by atoms with Crippen LogP contribution in [0.1, 0.15) is 45.4 Å². The van der Waals surface area contributed by atoms with Gasteiger partial charge in [-0.05, 0) is 44.9 Å². The van der Waals surface area contributed by atoms with Gasteiger partial charge in [0.05, 0.1) is 0 Å². The SMILES string of the molecule is CC1(C2CC2)NC(=O)CCN(C2CCC2)C1=O. The normalized spacial score (nSPS) is 35.2. The summed E-state index contributed by atoms with van der Waals surface area (Å²) in [6.07, 6.45) is 6.05. The van der Waals surface area contributed by atoms with E-state index in [0.717, 1.165) is 25.7 Å². The van der Waals surface area contributed by atoms with Gasteiger partial charge in [0, 0.05) is 19.0 Å². The minimum absolute atomic E-state index is 0.0366. The second kappa shape index (κ2) is 3.72. The van der Waals surface area contributed by atoms with Crippen LogP contribution in [0.5, 0.6) is 0 Å². The molecular formula is C13H20N2O2. The van der Waals surface area contributed by atoms with Crippen LogP contribution in [-0.4, -0.2) is 34.8 Å². The lowest BCUT2D eigenvalue weighted by atomic mass is 9.88. The van der Waals surface area contributed by atoms with Crippen molar-refractivity contribution >= 4 is 11.8 Å². The van der Waals surface area contributed by atoms with Crippen LogP contribution in [-0.2, 0) is 9.59 Å². The highest BCUT2D eigenvalue weighted by molar-refractivity contribution is 5.94. The van der Waals surface area contributed by atoms with Crippen molar-refractivity contribution in [3.63, 3.8) is 0 Å². The van der Waals surface area contributed by atoms with Crippen molar-refractivity contribution in [3.8, 4) is 0 Å². The molecule has 94 valence electrons. The third-order valence-corrected chi connectivity index (χ3v) is 4.59. The van der Waals surface area contributed by atoms with Crippen LogP contribution in [0.25, 0.3) is 0 Å². The number of nitrogens with one attached hydrogen (secondary N) is 1. The minimum Gasteiger partial charge on any atom is -0.342 e. The molecule has 0 aromatic carbocycles. The molecule has 17 heavy (non-hydrogen) atoms. The van der Waals surface area contributed by atoms with E-state index in [2.05, 4.69) is 5.32 Å². The summed E-state index contributed by atoms with van der Waals surface area (Å²) < 4.78 is 0. The van der Waals surface area contributed by atoms with Crippen LogP contribution in [0.15, 0.2) is 0 Å². The van der Waals surface area contributed by atoms with E-state index in [9.17, 15) is 9.59 Å². The minimum atomic E-state index is -0.622. The van der Waals surface area contributed by atoms with E-state index in [4.69, 9.17) is 0 Å². The number of amides is 2. The van der Waals surface area contributed by atoms with Crippen LogP contribution >= 0.6 is 0 Å². The second-order valence-corrected chi connectivity index (χ2v) is 5.86. The predicted molar refractivity (Wildman–Crippen MR) is 63.2 cm³/mol. The molecule has 1 heterocycles. The van der Waals surface area contributed by atoms with Gasteiger partial charge in [0.1, 0.15) is 5.54 Å². The third-order valence-electron chi connectivity index (χ3n) is 4.59. The second-order valence-electron chi connectivity index (χ2n) is 5.86. The number of carbonyl (C=O) groups excluding carboxylic acids is 2. The van der Waals surface area contributed by atoms with Crippen LogP contribution < -0.4 is 5.32 Å². The summed E-state index contributed by atoms with van der Waals surface area (Å²) in [5.74, 6) is 0.560. The van der Waals surface area contributed by atoms with E-state index < -0.39 is 5.54 Å². The Morgan fingerprint density at radius 3 is 2.47 bits per heavy atom. The molecule has 1 aliphatic heterocycles. The highest BCUT2D eigenvalue weighted by Gasteiger charge is 2.52. The summed E-state index contributed by atoms with van der Waals surface area (Å²) in [5, 5.41) is 2.97. The lowest BCUT2D eigenvalue weighted by molar-refractivity contribution is -0.142. The van der Waals surface area contributed by atoms with Gasteiger partial charge >= 0.3 is 0 Å². The molecule has 2 saturated carbocycles. The maximum atomic E-state index is 12.6. The van der Waals surface area contributed by atoms with Gasteiger partial charge in [0.2, 0.25) is 11.8 Å². The molecule has 2 aliphatic carbocycles. The Morgan fingerprint density at radius 2 is 1.94 bits per heavy atom. The molecule has 3 rings (SSSR count). The number of nitrogens with zero attached hydrogens (tertiary/aromatic N) is 1. The average Bonchev–Trinajstić information content (AvgIpc) is 3.02. The first kappa shape index (κ1) is 11.1. The van der Waals surface area contributed by atoms with Gasteiger partial charge in [-0.2, -0.15) is 0 Å². The molecule has 0 aromatic heterocycles. The molecule has 1 atom stereocenters. The first-order valence-electron chi connectivity index (χ1n) is 6.73. The smallest absolute Gasteiger partial charge is 0.248 e. The Kier molecular flexibility index (Phi) is 2.42. The maximum absolute atomic E-state index is 12.6. The lowest BCUT2D eigenvalue weighted by Gasteiger charge is -2.40. The molecule has 0 aromatic rings. The first-order valence-corrected chi connectivity index (χ1v) is 6.73. The summed E-state index contributed by atoms with van der Waals surface area (Å²) in [4.78, 5) is 26.4. The fourth-order valence-corrected chi connectivity index (χ4v) is 3.01. The highest BCUT2D eigenvalue weighted by atomic mass is 16.2. The van der Waals surface area contributed by atoms with Crippen LogP contribution in [0.2, 0.25) is 0 Å². The Morgan fingerprint density at radius 1 is 1.24 bits per heavy atom. The molecule has 0 radical (unpaired) electrons. The largest absolute Gasteiger partial charge is 0.342 e. The molecule has 1 saturated heterocycles. The quantitative estimate of drug-likeness (QED) is 0.779. The number of hydrogen-bond donors (Lipinski definition) is 1. The van der Waals surface area contributed by atoms with Gasteiger partial charge < -0.3 is 10.2 Å². The van der Waals surface area contributed by atoms with E-state index in [1.807, 2.05) is 11.8 Å². The molecule has 4 heteroatoms. The molecular weight excluding hydrogens is 216 g/mol. The molecule has 2 amide bonds. The standard InChI is InChI=1S/C13H20N2O2/c1-13(9-5-6-9)12(17)15(10-3-2-4-10)8-7-11(16)14-13/h9-10H,2-8H2,1H3,(H,14,16). The van der Waals surface area contributed by atoms with E-state index >= 15 is 0 Å². The third kappa shape index (κ3) is 1.74. The van der Waals surface area contributed by atoms with Gasteiger partial charge in [-0.15, -0.1) is 0 Å². The molecule has 0 bridgehead atoms. The highest BCUT2D eigenvalue weighted by Crippen LogP contribution is 2.42. The molecule has 0 spiro atoms. The molecule has 1 unspecified atom stereocenters. The Hall–Kier alpha value is -1.06. The van der Waals surface area contributed by atoms with E-state index in [0.29, 0.717) is 24.9 Å². The topological polar surface area (TPSA) is 49.4 Å². The summed E-state index contributed by atoms with van der Waals surface area (Å²) in [6.45, 7) is 2.53. The maximum Gasteiger partial charge on any atom is 0.248 e. The number of rotatable bonds is 2. The van der Waals surface area contributed by atoms with Crippen molar-refractivity contribution in [3.05, 3.63) is 0 Å². The Balaban J connectivity index is 1.85. The fraction of sp³-hybridized carbons (Fsp3) is 0.846. The summed E-state index contributed by atoms with van der Waals surface area (Å²) >= 11 is 0. The van der Waals surface area contributed by atoms with Crippen LogP contribution in [0.3, 0.4) is 0 Å². The van der Waals surface area contributed by atoms with Crippen molar-refractivity contribution < 1.29 is 9.59 Å². The molecule has 3 aliphatic rings. The van der Waals surface area contributed by atoms with Crippen molar-refractivity contribution in [2.24, 2.45) is 5.92 Å². The zero-order chi connectivity index (χ0) is 12.0. The van der Waals surface area contributed by atoms with Gasteiger partial charge in [-0.3, -0.25) is 9.59 Å². The Labute approximate surface area is 102 Å². The van der Waals surface area contributed by atoms with Gasteiger partial charge in [0.25, 0.3) is 0 Å². The average molecular weight is 236 g/mol. The van der Waals surface area contributed by atoms with E-state index in [1.54, 1.807) is 0 Å². The van der Waals surface area contributed by atoms with E-state index in [1.165, 1.54) is 6.42 Å². The van der Waals surface area contributed by atoms with Gasteiger partial charge in [0.15, 0.2) is 0 Å². The summed E-state index contributed by atoms with van der Waals surface area (Å²) in [7, 11) is 0. The van der Waals surface area contributed by atoms with Crippen LogP contribution in [0.4, 0.5) is 0 Å². The van der Waals surface area contributed by atoms with Crippen molar-refractivity contribution in [2.45, 2.75) is 57.0 Å². The summed E-state index contributed by atoms with van der Waals surface area (Å²) in [6, 6.07) is 0.397. The lowest BCUT2D eigenvalue weighted by Crippen LogP contribution is -2.59. The van der Waals surface area contributed by atoms with Gasteiger partial charge in [-0.25, -0.2) is 0 Å². The molecule has 1 N–H and O–H groups in total.